The molecule has 1 aliphatic heterocycles. The molecular weight excluding hydrogens is 348 g/mol. The summed E-state index contributed by atoms with van der Waals surface area (Å²) in [6, 6.07) is 8.49. The number of aromatic amines is 1. The number of carbonyl (C=O) groups excluding carboxylic acids is 1. The highest BCUT2D eigenvalue weighted by atomic mass is 32.1. The maximum Gasteiger partial charge on any atom is 0.251 e. The van der Waals surface area contributed by atoms with Crippen LogP contribution in [0.2, 0.25) is 0 Å². The summed E-state index contributed by atoms with van der Waals surface area (Å²) >= 11 is 1.40. The van der Waals surface area contributed by atoms with Gasteiger partial charge in [-0.25, -0.2) is 4.98 Å². The Bertz CT molecular complexity index is 896. The Labute approximate surface area is 155 Å². The number of thiazole rings is 1. The fraction of sp³-hybridized carbons (Fsp3) is 0.368. The molecule has 136 valence electrons. The Hall–Kier alpha value is -2.22. The molecule has 0 unspecified atom stereocenters. The van der Waals surface area contributed by atoms with E-state index in [0.29, 0.717) is 11.0 Å². The van der Waals surface area contributed by atoms with Gasteiger partial charge in [-0.1, -0.05) is 18.2 Å². The highest BCUT2D eigenvalue weighted by molar-refractivity contribution is 7.13. The van der Waals surface area contributed by atoms with Gasteiger partial charge in [0.1, 0.15) is 6.61 Å². The maximum absolute atomic E-state index is 11.2. The van der Waals surface area contributed by atoms with E-state index in [2.05, 4.69) is 50.6 Å². The van der Waals surface area contributed by atoms with Crippen molar-refractivity contribution in [3.05, 3.63) is 47.1 Å². The zero-order valence-electron chi connectivity index (χ0n) is 14.4. The molecule has 1 aromatic carbocycles. The number of likely N-dealkylation sites (tertiary alicyclic amines) is 1. The molecule has 7 heteroatoms. The minimum Gasteiger partial charge on any atom is -0.387 e. The van der Waals surface area contributed by atoms with Crippen LogP contribution in [0.1, 0.15) is 30.0 Å². The Morgan fingerprint density at radius 1 is 1.35 bits per heavy atom. The van der Waals surface area contributed by atoms with Crippen molar-refractivity contribution in [3.63, 3.8) is 0 Å². The van der Waals surface area contributed by atoms with Crippen LogP contribution in [0.5, 0.6) is 0 Å². The second-order valence-electron chi connectivity index (χ2n) is 6.69. The minimum absolute atomic E-state index is 0.426. The van der Waals surface area contributed by atoms with Crippen molar-refractivity contribution in [1.82, 2.24) is 14.9 Å². The first-order valence-electron chi connectivity index (χ1n) is 8.86. The highest BCUT2D eigenvalue weighted by Gasteiger charge is 2.23. The summed E-state index contributed by atoms with van der Waals surface area (Å²) < 4.78 is 0. The van der Waals surface area contributed by atoms with Crippen LogP contribution in [0.25, 0.3) is 10.9 Å². The molecule has 2 aromatic heterocycles. The van der Waals surface area contributed by atoms with Gasteiger partial charge in [-0.3, -0.25) is 15.0 Å². The van der Waals surface area contributed by atoms with Crippen molar-refractivity contribution in [1.29, 1.82) is 0 Å². The number of para-hydroxylation sites is 1. The molecule has 0 spiro atoms. The van der Waals surface area contributed by atoms with Gasteiger partial charge >= 0.3 is 0 Å². The molecule has 0 atom stereocenters. The summed E-state index contributed by atoms with van der Waals surface area (Å²) in [6.45, 7) is 2.36. The summed E-state index contributed by atoms with van der Waals surface area (Å²) in [7, 11) is 0. The fourth-order valence-electron chi connectivity index (χ4n) is 3.66. The van der Waals surface area contributed by atoms with Crippen LogP contribution in [0.3, 0.4) is 0 Å². The van der Waals surface area contributed by atoms with E-state index < -0.39 is 12.5 Å². The number of nitrogens with one attached hydrogen (secondary N) is 2. The number of H-pyrrole nitrogens is 1. The van der Waals surface area contributed by atoms with Gasteiger partial charge in [-0.15, -0.1) is 11.3 Å². The number of hydrogen-bond acceptors (Lipinski definition) is 5. The highest BCUT2D eigenvalue weighted by Crippen LogP contribution is 2.33. The molecule has 0 bridgehead atoms. The van der Waals surface area contributed by atoms with Crippen LogP contribution < -0.4 is 5.32 Å². The van der Waals surface area contributed by atoms with Gasteiger partial charge in [0.05, 0.1) is 5.69 Å². The zero-order valence-corrected chi connectivity index (χ0v) is 15.3. The van der Waals surface area contributed by atoms with Crippen LogP contribution in [-0.4, -0.2) is 45.6 Å². The predicted molar refractivity (Wildman–Crippen MR) is 103 cm³/mol. The molecule has 0 saturated carbocycles. The number of fused-ring (bicyclic) bond motifs is 1. The lowest BCUT2D eigenvalue weighted by Gasteiger charge is -2.31. The SMILES string of the molecule is O=C(CO)Nc1nc(CN2CCC(c3c[nH]c4ccccc34)CC2)cs1. The molecule has 1 aliphatic rings. The third-order valence-electron chi connectivity index (χ3n) is 4.98. The van der Waals surface area contributed by atoms with Gasteiger partial charge in [-0.2, -0.15) is 0 Å². The maximum atomic E-state index is 11.2. The average Bonchev–Trinajstić information content (AvgIpc) is 3.29. The normalized spacial score (nSPS) is 16.2. The quantitative estimate of drug-likeness (QED) is 0.645. The van der Waals surface area contributed by atoms with Gasteiger partial charge in [0, 0.05) is 29.0 Å². The molecule has 1 saturated heterocycles. The fourth-order valence-corrected chi connectivity index (χ4v) is 4.38. The largest absolute Gasteiger partial charge is 0.387 e. The summed E-state index contributed by atoms with van der Waals surface area (Å²) in [4.78, 5) is 21.4. The number of piperidine rings is 1. The molecule has 6 nitrogen and oxygen atoms in total. The van der Waals surface area contributed by atoms with Crippen molar-refractivity contribution in [3.8, 4) is 0 Å². The van der Waals surface area contributed by atoms with Crippen molar-refractivity contribution in [2.45, 2.75) is 25.3 Å². The molecule has 3 aromatic rings. The van der Waals surface area contributed by atoms with Gasteiger partial charge < -0.3 is 10.1 Å². The molecule has 26 heavy (non-hydrogen) atoms. The minimum atomic E-state index is -0.518. The molecule has 0 radical (unpaired) electrons. The molecule has 3 N–H and O–H groups in total. The average molecular weight is 370 g/mol. The summed E-state index contributed by atoms with van der Waals surface area (Å²) in [5.41, 5.74) is 3.61. The van der Waals surface area contributed by atoms with E-state index in [1.165, 1.54) is 27.8 Å². The van der Waals surface area contributed by atoms with Crippen molar-refractivity contribution < 1.29 is 9.90 Å². The number of anilines is 1. The second kappa shape index (κ2) is 7.57. The first kappa shape index (κ1) is 17.2. The van der Waals surface area contributed by atoms with Crippen molar-refractivity contribution in [2.24, 2.45) is 0 Å². The van der Waals surface area contributed by atoms with Gasteiger partial charge in [0.2, 0.25) is 0 Å². The smallest absolute Gasteiger partial charge is 0.251 e. The first-order valence-corrected chi connectivity index (χ1v) is 9.74. The third-order valence-corrected chi connectivity index (χ3v) is 5.78. The van der Waals surface area contributed by atoms with Gasteiger partial charge in [-0.05, 0) is 43.5 Å². The molecule has 1 fully saturated rings. The number of aliphatic hydroxyl groups is 1. The lowest BCUT2D eigenvalue weighted by Crippen LogP contribution is -2.32. The number of carbonyl (C=O) groups is 1. The lowest BCUT2D eigenvalue weighted by atomic mass is 9.89. The van der Waals surface area contributed by atoms with Crippen LogP contribution in [0.15, 0.2) is 35.8 Å². The van der Waals surface area contributed by atoms with Gasteiger partial charge in [0.25, 0.3) is 5.91 Å². The molecular formula is C19H22N4O2S. The zero-order chi connectivity index (χ0) is 17.9. The first-order chi connectivity index (χ1) is 12.7. The number of aliphatic hydroxyl groups excluding tert-OH is 1. The number of benzene rings is 1. The number of rotatable bonds is 5. The molecule has 0 aliphatic carbocycles. The van der Waals surface area contributed by atoms with Crippen LogP contribution >= 0.6 is 11.3 Å². The summed E-state index contributed by atoms with van der Waals surface area (Å²) in [5.74, 6) is 0.169. The standard InChI is InChI=1S/C19H22N4O2S/c24-11-18(25)22-19-21-14(12-26-19)10-23-7-5-13(6-8-23)16-9-20-17-4-2-1-3-15(16)17/h1-4,9,12-13,20,24H,5-8,10-11H2,(H,21,22,25). The monoisotopic (exact) mass is 370 g/mol. The summed E-state index contributed by atoms with van der Waals surface area (Å²) in [5, 5.41) is 15.2. The van der Waals surface area contributed by atoms with E-state index >= 15 is 0 Å². The lowest BCUT2D eigenvalue weighted by molar-refractivity contribution is -0.118. The van der Waals surface area contributed by atoms with E-state index in [1.807, 2.05) is 5.38 Å². The third kappa shape index (κ3) is 3.65. The van der Waals surface area contributed by atoms with E-state index in [0.717, 1.165) is 38.2 Å². The Kier molecular flexibility index (Phi) is 5.01. The molecule has 3 heterocycles. The Morgan fingerprint density at radius 3 is 2.96 bits per heavy atom. The van der Waals surface area contributed by atoms with Gasteiger partial charge in [0.15, 0.2) is 5.13 Å². The van der Waals surface area contributed by atoms with Crippen molar-refractivity contribution in [2.75, 3.05) is 25.0 Å². The van der Waals surface area contributed by atoms with Crippen LogP contribution in [0.4, 0.5) is 5.13 Å². The number of hydrogen-bond donors (Lipinski definition) is 3. The Morgan fingerprint density at radius 2 is 2.15 bits per heavy atom. The van der Waals surface area contributed by atoms with Crippen molar-refractivity contribution >= 4 is 33.3 Å². The van der Waals surface area contributed by atoms with E-state index in [-0.39, 0.29) is 0 Å². The van der Waals surface area contributed by atoms with Crippen LogP contribution in [-0.2, 0) is 11.3 Å². The van der Waals surface area contributed by atoms with E-state index in [4.69, 9.17) is 5.11 Å². The number of aromatic nitrogens is 2. The van der Waals surface area contributed by atoms with E-state index in [1.54, 1.807) is 0 Å². The molecule has 4 rings (SSSR count). The summed E-state index contributed by atoms with van der Waals surface area (Å²) in [6.07, 6.45) is 4.45. The topological polar surface area (TPSA) is 81.2 Å². The Balaban J connectivity index is 1.34. The molecule has 1 amide bonds. The van der Waals surface area contributed by atoms with E-state index in [9.17, 15) is 4.79 Å². The van der Waals surface area contributed by atoms with Crippen LogP contribution in [0, 0.1) is 0 Å². The predicted octanol–water partition coefficient (Wildman–Crippen LogP) is 2.93. The number of nitrogens with zero attached hydrogens (tertiary/aromatic N) is 2. The second-order valence-corrected chi connectivity index (χ2v) is 7.55. The number of amides is 1.